The highest BCUT2D eigenvalue weighted by atomic mass is 28.3. The van der Waals surface area contributed by atoms with E-state index >= 15 is 0 Å². The largest absolute Gasteiger partial charge is 0.406 e. The molecule has 2 N–H and O–H groups in total. The standard InChI is InChI=1S/C18H45BSi3.C4H11NOSi/c1-13-16(20(4,5)6)19(17(14-2)21(7,8)9)18(15-3)22(10,11)12;5-7-4-2-1-3-6-7/h16-18H,13-15H2,1-12H3;7H,1-5H2. The van der Waals surface area contributed by atoms with Crippen molar-refractivity contribution < 1.29 is 4.43 Å². The molecule has 0 aliphatic carbocycles. The minimum absolute atomic E-state index is 0.924. The summed E-state index contributed by atoms with van der Waals surface area (Å²) in [5.74, 6) is 0. The third-order valence-electron chi connectivity index (χ3n) is 7.27. The number of rotatable bonds is 9. The summed E-state index contributed by atoms with van der Waals surface area (Å²) in [5.41, 5.74) is 3.00. The van der Waals surface area contributed by atoms with Crippen LogP contribution in [-0.2, 0) is 4.43 Å². The topological polar surface area (TPSA) is 35.2 Å². The summed E-state index contributed by atoms with van der Waals surface area (Å²) in [6.45, 7) is 33.0. The van der Waals surface area contributed by atoms with Crippen molar-refractivity contribution in [3.8, 4) is 0 Å². The molecule has 0 aromatic rings. The molecule has 0 aromatic heterocycles. The quantitative estimate of drug-likeness (QED) is 0.353. The first kappa shape index (κ1) is 29.9. The second-order valence-corrected chi connectivity index (χ2v) is 31.0. The molecule has 174 valence electrons. The molecule has 2 nitrogen and oxygen atoms in total. The van der Waals surface area contributed by atoms with E-state index < -0.39 is 33.4 Å². The van der Waals surface area contributed by atoms with Gasteiger partial charge in [-0.05, 0) is 12.5 Å². The van der Waals surface area contributed by atoms with E-state index in [-0.39, 0.29) is 0 Å². The molecule has 4 unspecified atom stereocenters. The van der Waals surface area contributed by atoms with Crippen LogP contribution in [0.25, 0.3) is 0 Å². The van der Waals surface area contributed by atoms with Crippen molar-refractivity contribution in [3.63, 3.8) is 0 Å². The normalized spacial score (nSPS) is 21.6. The van der Waals surface area contributed by atoms with Crippen molar-refractivity contribution in [1.29, 1.82) is 0 Å². The second-order valence-electron chi connectivity index (χ2n) is 12.6. The fraction of sp³-hybridized carbons (Fsp3) is 1.00. The SMILES string of the molecule is CCC(B(C(CC)[Si](C)(C)C)C(CC)[Si](C)(C)C)[Si](C)(C)C.N[SiH]1CCCCO1. The molecule has 1 rings (SSSR count). The van der Waals surface area contributed by atoms with Gasteiger partial charge in [0.25, 0.3) is 0 Å². The van der Waals surface area contributed by atoms with Crippen LogP contribution in [0, 0.1) is 0 Å². The summed E-state index contributed by atoms with van der Waals surface area (Å²) in [4.78, 5) is 0. The van der Waals surface area contributed by atoms with Gasteiger partial charge in [0.1, 0.15) is 6.71 Å². The fourth-order valence-electron chi connectivity index (χ4n) is 5.99. The molecule has 0 radical (unpaired) electrons. The Kier molecular flexibility index (Phi) is 13.2. The lowest BCUT2D eigenvalue weighted by Crippen LogP contribution is -2.54. The Morgan fingerprint density at radius 1 is 0.724 bits per heavy atom. The summed E-state index contributed by atoms with van der Waals surface area (Å²) >= 11 is 0. The van der Waals surface area contributed by atoms with Crippen LogP contribution in [0.2, 0.25) is 81.3 Å². The second kappa shape index (κ2) is 12.8. The van der Waals surface area contributed by atoms with E-state index in [9.17, 15) is 0 Å². The molecule has 1 aliphatic heterocycles. The summed E-state index contributed by atoms with van der Waals surface area (Å²) in [7, 11) is -4.46. The minimum atomic E-state index is -1.12. The Hall–Kier alpha value is 0.852. The van der Waals surface area contributed by atoms with Crippen LogP contribution in [0.4, 0.5) is 0 Å². The molecule has 4 atom stereocenters. The zero-order chi connectivity index (χ0) is 23.0. The van der Waals surface area contributed by atoms with Gasteiger partial charge in [-0.2, -0.15) is 0 Å². The monoisotopic (exact) mass is 473 g/mol. The van der Waals surface area contributed by atoms with E-state index in [0.717, 1.165) is 29.6 Å². The predicted octanol–water partition coefficient (Wildman–Crippen LogP) is 7.43. The molecule has 0 amide bonds. The van der Waals surface area contributed by atoms with E-state index in [1.807, 2.05) is 0 Å². The van der Waals surface area contributed by atoms with Crippen LogP contribution in [0.15, 0.2) is 0 Å². The maximum absolute atomic E-state index is 5.55. The lowest BCUT2D eigenvalue weighted by atomic mass is 9.39. The molecule has 1 fully saturated rings. The summed E-state index contributed by atoms with van der Waals surface area (Å²) < 4.78 is 5.19. The van der Waals surface area contributed by atoms with E-state index in [4.69, 9.17) is 9.83 Å². The van der Waals surface area contributed by atoms with Gasteiger partial charge in [-0.15, -0.1) is 0 Å². The number of hydrogen-bond donors (Lipinski definition) is 1. The lowest BCUT2D eigenvalue weighted by molar-refractivity contribution is 0.287. The number of hydrogen-bond acceptors (Lipinski definition) is 2. The molecule has 0 spiro atoms. The van der Waals surface area contributed by atoms with Crippen molar-refractivity contribution in [3.05, 3.63) is 0 Å². The molecule has 29 heavy (non-hydrogen) atoms. The smallest absolute Gasteiger partial charge is 0.249 e. The van der Waals surface area contributed by atoms with Gasteiger partial charge in [0, 0.05) is 30.8 Å². The van der Waals surface area contributed by atoms with Gasteiger partial charge in [-0.25, -0.2) is 0 Å². The molecule has 1 saturated heterocycles. The highest BCUT2D eigenvalue weighted by Gasteiger charge is 2.49. The van der Waals surface area contributed by atoms with Crippen molar-refractivity contribution in [1.82, 2.24) is 0 Å². The predicted molar refractivity (Wildman–Crippen MR) is 149 cm³/mol. The average Bonchev–Trinajstić information content (AvgIpc) is 2.54. The Morgan fingerprint density at radius 3 is 1.21 bits per heavy atom. The van der Waals surface area contributed by atoms with E-state index in [1.54, 1.807) is 0 Å². The summed E-state index contributed by atoms with van der Waals surface area (Å²) in [6, 6.07) is 1.18. The molecule has 1 aliphatic rings. The third kappa shape index (κ3) is 10.3. The van der Waals surface area contributed by atoms with Crippen LogP contribution in [-0.4, -0.2) is 46.7 Å². The van der Waals surface area contributed by atoms with Gasteiger partial charge < -0.3 is 9.83 Å². The van der Waals surface area contributed by atoms with Gasteiger partial charge >= 0.3 is 0 Å². The first-order chi connectivity index (χ1) is 13.1. The lowest BCUT2D eigenvalue weighted by Gasteiger charge is -2.48. The summed E-state index contributed by atoms with van der Waals surface area (Å²) in [5, 5.41) is 5.55. The highest BCUT2D eigenvalue weighted by molar-refractivity contribution is 7.03. The number of nitrogens with two attached hydrogens (primary N) is 1. The average molecular weight is 474 g/mol. The van der Waals surface area contributed by atoms with Gasteiger partial charge in [0.05, 0.1) is 0 Å². The minimum Gasteiger partial charge on any atom is -0.406 e. The first-order valence-electron chi connectivity index (χ1n) is 12.5. The fourth-order valence-corrected chi connectivity index (χ4v) is 16.4. The van der Waals surface area contributed by atoms with Crippen LogP contribution in [0.1, 0.15) is 52.9 Å². The van der Waals surface area contributed by atoms with E-state index in [2.05, 4.69) is 79.7 Å². The maximum atomic E-state index is 5.55. The molecule has 1 heterocycles. The van der Waals surface area contributed by atoms with Crippen molar-refractivity contribution in [2.75, 3.05) is 6.61 Å². The summed E-state index contributed by atoms with van der Waals surface area (Å²) in [6.07, 6.45) is 6.74. The van der Waals surface area contributed by atoms with Crippen LogP contribution in [0.3, 0.4) is 0 Å². The van der Waals surface area contributed by atoms with Crippen LogP contribution < -0.4 is 5.40 Å². The zero-order valence-electron chi connectivity index (χ0n) is 22.3. The molecule has 0 saturated carbocycles. The third-order valence-corrected chi connectivity index (χ3v) is 18.0. The van der Waals surface area contributed by atoms with Crippen LogP contribution >= 0.6 is 0 Å². The zero-order valence-corrected chi connectivity index (χ0v) is 26.5. The first-order valence-corrected chi connectivity index (χ1v) is 25.2. The van der Waals surface area contributed by atoms with Gasteiger partial charge in [0.2, 0.25) is 9.20 Å². The molecule has 0 bridgehead atoms. The Balaban J connectivity index is 0.000000929. The Bertz CT molecular complexity index is 387. The molecule has 7 heteroatoms. The molecule has 0 aromatic carbocycles. The van der Waals surface area contributed by atoms with Crippen molar-refractivity contribution in [2.45, 2.75) is 134 Å². The van der Waals surface area contributed by atoms with E-state index in [1.165, 1.54) is 38.1 Å². The highest BCUT2D eigenvalue weighted by Crippen LogP contribution is 2.48. The van der Waals surface area contributed by atoms with Crippen LogP contribution in [0.5, 0.6) is 0 Å². The Labute approximate surface area is 190 Å². The molecular formula is C22H56BNOSi4. The van der Waals surface area contributed by atoms with Gasteiger partial charge in [-0.1, -0.05) is 122 Å². The van der Waals surface area contributed by atoms with Crippen molar-refractivity contribution in [2.24, 2.45) is 5.40 Å². The van der Waals surface area contributed by atoms with E-state index in [0.29, 0.717) is 0 Å². The van der Waals surface area contributed by atoms with Crippen molar-refractivity contribution >= 4 is 40.1 Å². The molecular weight excluding hydrogens is 417 g/mol. The van der Waals surface area contributed by atoms with Gasteiger partial charge in [0.15, 0.2) is 0 Å². The Morgan fingerprint density at radius 2 is 1.07 bits per heavy atom. The maximum Gasteiger partial charge on any atom is 0.249 e. The van der Waals surface area contributed by atoms with Gasteiger partial charge in [-0.3, -0.25) is 0 Å².